The number of nitrogens with zero attached hydrogens (tertiary/aromatic N) is 7. The van der Waals surface area contributed by atoms with Crippen LogP contribution < -0.4 is 11.1 Å². The monoisotopic (exact) mass is 445 g/mol. The molecule has 0 radical (unpaired) electrons. The second kappa shape index (κ2) is 8.63. The van der Waals surface area contributed by atoms with Crippen molar-refractivity contribution in [2.75, 3.05) is 34.2 Å². The fourth-order valence-electron chi connectivity index (χ4n) is 4.88. The SMILES string of the molecule is CN1C2=CN(C)N(C)C2C=NC1C1=C(c2ccc(C#N)cc2)NC(N2CCC(N)CC2)N=C1. The molecule has 0 bridgehead atoms. The fourth-order valence-corrected chi connectivity index (χ4v) is 4.88. The third kappa shape index (κ3) is 3.91. The molecule has 9 heteroatoms. The molecule has 1 saturated heterocycles. The number of hydrogen-bond donors (Lipinski definition) is 2. The Morgan fingerprint density at radius 3 is 2.52 bits per heavy atom. The summed E-state index contributed by atoms with van der Waals surface area (Å²) in [6.45, 7) is 1.84. The first-order chi connectivity index (χ1) is 16.0. The van der Waals surface area contributed by atoms with Crippen molar-refractivity contribution in [1.82, 2.24) is 25.1 Å². The van der Waals surface area contributed by atoms with Gasteiger partial charge in [0.2, 0.25) is 0 Å². The molecule has 0 aliphatic carbocycles. The van der Waals surface area contributed by atoms with Gasteiger partial charge in [0.25, 0.3) is 0 Å². The molecule has 33 heavy (non-hydrogen) atoms. The number of piperidine rings is 1. The minimum atomic E-state index is -0.190. The zero-order valence-corrected chi connectivity index (χ0v) is 19.4. The summed E-state index contributed by atoms with van der Waals surface area (Å²) in [4.78, 5) is 14.4. The van der Waals surface area contributed by atoms with E-state index in [1.54, 1.807) is 0 Å². The van der Waals surface area contributed by atoms with Crippen LogP contribution in [-0.4, -0.2) is 91.0 Å². The van der Waals surface area contributed by atoms with Gasteiger partial charge in [0.1, 0.15) is 12.2 Å². The van der Waals surface area contributed by atoms with Gasteiger partial charge in [0.05, 0.1) is 23.0 Å². The smallest absolute Gasteiger partial charge is 0.176 e. The van der Waals surface area contributed by atoms with Crippen molar-refractivity contribution in [3.8, 4) is 6.07 Å². The quantitative estimate of drug-likeness (QED) is 0.716. The molecule has 0 amide bonds. The van der Waals surface area contributed by atoms with E-state index >= 15 is 0 Å². The molecule has 1 aromatic carbocycles. The average Bonchev–Trinajstić information content (AvgIpc) is 3.14. The zero-order chi connectivity index (χ0) is 23.1. The number of rotatable bonds is 3. The maximum absolute atomic E-state index is 9.24. The van der Waals surface area contributed by atoms with Gasteiger partial charge in [-0.05, 0) is 30.5 Å². The lowest BCUT2D eigenvalue weighted by Crippen LogP contribution is -2.52. The maximum Gasteiger partial charge on any atom is 0.176 e. The van der Waals surface area contributed by atoms with Crippen LogP contribution in [0.4, 0.5) is 0 Å². The molecular formula is C24H31N9. The van der Waals surface area contributed by atoms with E-state index in [1.165, 1.54) is 5.70 Å². The van der Waals surface area contributed by atoms with Crippen LogP contribution in [0.3, 0.4) is 0 Å². The number of nitriles is 1. The third-order valence-electron chi connectivity index (χ3n) is 7.08. The number of fused-ring (bicyclic) bond motifs is 1. The number of hydrazine groups is 1. The summed E-state index contributed by atoms with van der Waals surface area (Å²) in [7, 11) is 6.19. The average molecular weight is 446 g/mol. The van der Waals surface area contributed by atoms with Crippen LogP contribution in [0.2, 0.25) is 0 Å². The zero-order valence-electron chi connectivity index (χ0n) is 19.4. The second-order valence-electron chi connectivity index (χ2n) is 9.12. The first-order valence-electron chi connectivity index (χ1n) is 11.4. The number of likely N-dealkylation sites (tertiary alicyclic amines) is 1. The summed E-state index contributed by atoms with van der Waals surface area (Å²) in [5.41, 5.74) is 11.0. The Balaban J connectivity index is 1.50. The molecule has 4 aliphatic heterocycles. The summed E-state index contributed by atoms with van der Waals surface area (Å²) in [6, 6.07) is 10.3. The summed E-state index contributed by atoms with van der Waals surface area (Å²) < 4.78 is 0. The van der Waals surface area contributed by atoms with E-state index in [0.29, 0.717) is 5.56 Å². The molecule has 0 aromatic heterocycles. The Hall–Kier alpha value is -3.19. The highest BCUT2D eigenvalue weighted by Gasteiger charge is 2.38. The number of nitrogens with two attached hydrogens (primary N) is 1. The minimum absolute atomic E-state index is 0.133. The van der Waals surface area contributed by atoms with Crippen LogP contribution in [0.25, 0.3) is 5.70 Å². The molecule has 4 aliphatic rings. The van der Waals surface area contributed by atoms with E-state index in [-0.39, 0.29) is 24.5 Å². The highest BCUT2D eigenvalue weighted by molar-refractivity contribution is 5.94. The number of benzene rings is 1. The third-order valence-corrected chi connectivity index (χ3v) is 7.08. The van der Waals surface area contributed by atoms with Crippen molar-refractivity contribution in [3.63, 3.8) is 0 Å². The Bertz CT molecular complexity index is 1060. The lowest BCUT2D eigenvalue weighted by Gasteiger charge is -2.40. The molecule has 5 rings (SSSR count). The van der Waals surface area contributed by atoms with E-state index in [4.69, 9.17) is 15.7 Å². The summed E-state index contributed by atoms with van der Waals surface area (Å²) >= 11 is 0. The van der Waals surface area contributed by atoms with E-state index in [1.807, 2.05) is 43.7 Å². The number of hydrogen-bond acceptors (Lipinski definition) is 9. The largest absolute Gasteiger partial charge is 0.350 e. The number of aliphatic imine (C=N–C) groups is 2. The first kappa shape index (κ1) is 21.6. The predicted molar refractivity (Wildman–Crippen MR) is 130 cm³/mol. The van der Waals surface area contributed by atoms with E-state index in [0.717, 1.165) is 42.8 Å². The predicted octanol–water partition coefficient (Wildman–Crippen LogP) is 0.995. The summed E-state index contributed by atoms with van der Waals surface area (Å²) in [5, 5.41) is 17.2. The standard InChI is InChI=1S/C24H31N9/c1-30-15-21-20(32(30)3)14-27-23(31(21)2)19-13-28-24(33-10-8-18(26)9-11-33)29-22(19)17-6-4-16(12-25)5-7-17/h4-7,13-15,18,20,23-24,29H,8-11,26H2,1-3H3. The molecule has 172 valence electrons. The van der Waals surface area contributed by atoms with E-state index in [9.17, 15) is 5.26 Å². The Morgan fingerprint density at radius 2 is 1.82 bits per heavy atom. The van der Waals surface area contributed by atoms with Crippen molar-refractivity contribution in [2.45, 2.75) is 37.4 Å². The van der Waals surface area contributed by atoms with Crippen molar-refractivity contribution < 1.29 is 0 Å². The molecule has 0 spiro atoms. The van der Waals surface area contributed by atoms with Crippen LogP contribution in [0.15, 0.2) is 51.7 Å². The molecule has 3 N–H and O–H groups in total. The van der Waals surface area contributed by atoms with Crippen LogP contribution in [0, 0.1) is 11.3 Å². The Labute approximate surface area is 195 Å². The molecule has 3 unspecified atom stereocenters. The van der Waals surface area contributed by atoms with Crippen LogP contribution in [0.5, 0.6) is 0 Å². The summed E-state index contributed by atoms with van der Waals surface area (Å²) in [5.74, 6) is 0. The Kier molecular flexibility index (Phi) is 5.66. The molecule has 0 saturated carbocycles. The highest BCUT2D eigenvalue weighted by atomic mass is 15.6. The molecule has 4 heterocycles. The van der Waals surface area contributed by atoms with Gasteiger partial charge in [-0.25, -0.2) is 5.01 Å². The van der Waals surface area contributed by atoms with Crippen molar-refractivity contribution in [1.29, 1.82) is 5.26 Å². The topological polar surface area (TPSA) is 99.5 Å². The van der Waals surface area contributed by atoms with Gasteiger partial charge in [-0.1, -0.05) is 12.1 Å². The Morgan fingerprint density at radius 1 is 1.09 bits per heavy atom. The molecule has 1 fully saturated rings. The van der Waals surface area contributed by atoms with Gasteiger partial charge in [0, 0.05) is 64.5 Å². The number of likely N-dealkylation sites (N-methyl/N-ethyl adjacent to an activating group) is 2. The minimum Gasteiger partial charge on any atom is -0.350 e. The fraction of sp³-hybridized carbons (Fsp3) is 0.458. The molecule has 1 aromatic rings. The molecular weight excluding hydrogens is 414 g/mol. The molecule has 3 atom stereocenters. The van der Waals surface area contributed by atoms with Crippen LogP contribution >= 0.6 is 0 Å². The van der Waals surface area contributed by atoms with Crippen molar-refractivity contribution >= 4 is 18.1 Å². The number of nitrogens with one attached hydrogen (secondary N) is 1. The normalized spacial score (nSPS) is 28.6. The lowest BCUT2D eigenvalue weighted by molar-refractivity contribution is 0.0912. The summed E-state index contributed by atoms with van der Waals surface area (Å²) in [6.07, 6.45) is 7.77. The van der Waals surface area contributed by atoms with Crippen LogP contribution in [0.1, 0.15) is 24.0 Å². The van der Waals surface area contributed by atoms with E-state index < -0.39 is 0 Å². The molecule has 9 nitrogen and oxygen atoms in total. The van der Waals surface area contributed by atoms with Gasteiger partial charge >= 0.3 is 0 Å². The van der Waals surface area contributed by atoms with Crippen molar-refractivity contribution in [3.05, 3.63) is 52.9 Å². The van der Waals surface area contributed by atoms with Gasteiger partial charge in [0.15, 0.2) is 6.29 Å². The second-order valence-corrected chi connectivity index (χ2v) is 9.12. The van der Waals surface area contributed by atoms with Gasteiger partial charge in [-0.2, -0.15) is 5.26 Å². The lowest BCUT2D eigenvalue weighted by atomic mass is 9.99. The van der Waals surface area contributed by atoms with Gasteiger partial charge in [-0.15, -0.1) is 0 Å². The van der Waals surface area contributed by atoms with E-state index in [2.05, 4.69) is 51.5 Å². The van der Waals surface area contributed by atoms with Crippen molar-refractivity contribution in [2.24, 2.45) is 15.7 Å². The highest BCUT2D eigenvalue weighted by Crippen LogP contribution is 2.32. The van der Waals surface area contributed by atoms with Gasteiger partial charge in [-0.3, -0.25) is 14.9 Å². The van der Waals surface area contributed by atoms with Crippen LogP contribution in [-0.2, 0) is 0 Å². The first-order valence-corrected chi connectivity index (χ1v) is 11.4. The maximum atomic E-state index is 9.24. The van der Waals surface area contributed by atoms with Gasteiger partial charge < -0.3 is 21.0 Å².